The topological polar surface area (TPSA) is 32.7 Å². The minimum absolute atomic E-state index is 0.0480. The van der Waals surface area contributed by atoms with Crippen LogP contribution >= 0.6 is 0 Å². The minimum Gasteiger partial charge on any atom is -0.494 e. The number of methoxy groups -OCH3 is 1. The van der Waals surface area contributed by atoms with Gasteiger partial charge in [0.05, 0.1) is 13.8 Å². The molecule has 0 aliphatic rings. The van der Waals surface area contributed by atoms with Crippen LogP contribution in [0, 0.1) is 5.82 Å². The van der Waals surface area contributed by atoms with Crippen molar-refractivity contribution in [1.82, 2.24) is 4.90 Å². The van der Waals surface area contributed by atoms with E-state index in [-0.39, 0.29) is 18.3 Å². The van der Waals surface area contributed by atoms with Crippen molar-refractivity contribution in [2.24, 2.45) is 0 Å². The molecule has 0 aliphatic heterocycles. The van der Waals surface area contributed by atoms with Crippen LogP contribution < -0.4 is 4.74 Å². The van der Waals surface area contributed by atoms with Gasteiger partial charge in [-0.15, -0.1) is 0 Å². The molecule has 0 aromatic heterocycles. The van der Waals surface area contributed by atoms with Gasteiger partial charge in [0.2, 0.25) is 0 Å². The van der Waals surface area contributed by atoms with Crippen molar-refractivity contribution in [3.8, 4) is 5.75 Å². The lowest BCUT2D eigenvalue weighted by Crippen LogP contribution is -2.18. The van der Waals surface area contributed by atoms with Crippen LogP contribution in [0.15, 0.2) is 18.2 Å². The van der Waals surface area contributed by atoms with Crippen molar-refractivity contribution < 1.29 is 14.2 Å². The molecule has 0 radical (unpaired) electrons. The minimum atomic E-state index is -0.378. The summed E-state index contributed by atoms with van der Waals surface area (Å²) in [4.78, 5) is 1.67. The normalized spacial score (nSPS) is 10.6. The fourth-order valence-corrected chi connectivity index (χ4v) is 1.17. The highest BCUT2D eigenvalue weighted by Crippen LogP contribution is 2.18. The van der Waals surface area contributed by atoms with Gasteiger partial charge in [-0.3, -0.25) is 4.90 Å². The first kappa shape index (κ1) is 10.9. The van der Waals surface area contributed by atoms with Gasteiger partial charge in [0.25, 0.3) is 0 Å². The molecule has 0 bridgehead atoms. The first-order chi connectivity index (χ1) is 6.67. The first-order valence-corrected chi connectivity index (χ1v) is 4.29. The van der Waals surface area contributed by atoms with Crippen molar-refractivity contribution in [3.63, 3.8) is 0 Å². The third-order valence-corrected chi connectivity index (χ3v) is 1.91. The molecule has 4 heteroatoms. The zero-order valence-corrected chi connectivity index (χ0v) is 8.33. The number of ether oxygens (including phenoxy) is 1. The van der Waals surface area contributed by atoms with Crippen LogP contribution in [-0.2, 0) is 6.54 Å². The molecule has 0 fully saturated rings. The lowest BCUT2D eigenvalue weighted by molar-refractivity contribution is 0.127. The summed E-state index contributed by atoms with van der Waals surface area (Å²) in [6.07, 6.45) is 0. The Morgan fingerprint density at radius 1 is 1.50 bits per heavy atom. The maximum Gasteiger partial charge on any atom is 0.165 e. The first-order valence-electron chi connectivity index (χ1n) is 4.29. The van der Waals surface area contributed by atoms with E-state index >= 15 is 0 Å². The van der Waals surface area contributed by atoms with Gasteiger partial charge in [0.1, 0.15) is 0 Å². The highest BCUT2D eigenvalue weighted by atomic mass is 19.1. The zero-order chi connectivity index (χ0) is 10.6. The lowest BCUT2D eigenvalue weighted by Gasteiger charge is -2.13. The molecule has 14 heavy (non-hydrogen) atoms. The van der Waals surface area contributed by atoms with E-state index in [9.17, 15) is 4.39 Å². The molecule has 0 saturated carbocycles. The summed E-state index contributed by atoms with van der Waals surface area (Å²) in [6.45, 7) is 0.463. The van der Waals surface area contributed by atoms with Crippen molar-refractivity contribution in [3.05, 3.63) is 29.6 Å². The molecule has 0 spiro atoms. The maximum absolute atomic E-state index is 13.2. The summed E-state index contributed by atoms with van der Waals surface area (Å²) in [5.74, 6) is -0.142. The van der Waals surface area contributed by atoms with Gasteiger partial charge in [-0.1, -0.05) is 6.07 Å². The van der Waals surface area contributed by atoms with Crippen LogP contribution in [0.2, 0.25) is 0 Å². The van der Waals surface area contributed by atoms with Crippen molar-refractivity contribution in [1.29, 1.82) is 0 Å². The molecule has 1 N–H and O–H groups in total. The van der Waals surface area contributed by atoms with Gasteiger partial charge < -0.3 is 9.84 Å². The fraction of sp³-hybridized carbons (Fsp3) is 0.400. The Hall–Kier alpha value is -1.13. The van der Waals surface area contributed by atoms with E-state index in [2.05, 4.69) is 0 Å². The molecule has 0 unspecified atom stereocenters. The average Bonchev–Trinajstić information content (AvgIpc) is 2.18. The molecule has 78 valence electrons. The van der Waals surface area contributed by atoms with Crippen LogP contribution in [0.5, 0.6) is 5.75 Å². The van der Waals surface area contributed by atoms with Gasteiger partial charge in [0, 0.05) is 6.54 Å². The summed E-state index contributed by atoms with van der Waals surface area (Å²) >= 11 is 0. The Morgan fingerprint density at radius 2 is 2.21 bits per heavy atom. The number of hydrogen-bond donors (Lipinski definition) is 1. The molecule has 0 aliphatic carbocycles. The molecule has 1 aromatic rings. The van der Waals surface area contributed by atoms with Gasteiger partial charge in [-0.05, 0) is 24.7 Å². The van der Waals surface area contributed by atoms with Crippen LogP contribution in [0.25, 0.3) is 0 Å². The third kappa shape index (κ3) is 2.68. The van der Waals surface area contributed by atoms with Gasteiger partial charge in [-0.25, -0.2) is 4.39 Å². The van der Waals surface area contributed by atoms with E-state index in [0.717, 1.165) is 5.56 Å². The quantitative estimate of drug-likeness (QED) is 0.740. The van der Waals surface area contributed by atoms with Crippen LogP contribution in [-0.4, -0.2) is 30.9 Å². The second-order valence-electron chi connectivity index (χ2n) is 3.12. The predicted molar refractivity (Wildman–Crippen MR) is 51.5 cm³/mol. The molecular weight excluding hydrogens is 185 g/mol. The Kier molecular flexibility index (Phi) is 3.85. The summed E-state index contributed by atoms with van der Waals surface area (Å²) in [5, 5.41) is 8.77. The fourth-order valence-electron chi connectivity index (χ4n) is 1.17. The smallest absolute Gasteiger partial charge is 0.165 e. The summed E-state index contributed by atoms with van der Waals surface area (Å²) in [7, 11) is 3.18. The Labute approximate surface area is 82.7 Å². The zero-order valence-electron chi connectivity index (χ0n) is 8.33. The number of halogens is 1. The monoisotopic (exact) mass is 199 g/mol. The second-order valence-corrected chi connectivity index (χ2v) is 3.12. The molecule has 0 amide bonds. The van der Waals surface area contributed by atoms with Crippen molar-refractivity contribution in [2.45, 2.75) is 6.54 Å². The lowest BCUT2D eigenvalue weighted by atomic mass is 10.2. The van der Waals surface area contributed by atoms with E-state index in [0.29, 0.717) is 6.54 Å². The van der Waals surface area contributed by atoms with Crippen LogP contribution in [0.3, 0.4) is 0 Å². The number of hydrogen-bond acceptors (Lipinski definition) is 3. The van der Waals surface area contributed by atoms with Crippen molar-refractivity contribution in [2.75, 3.05) is 20.9 Å². The maximum atomic E-state index is 13.2. The molecule has 0 heterocycles. The average molecular weight is 199 g/mol. The SMILES string of the molecule is COc1ccc(CN(C)CO)cc1F. The van der Waals surface area contributed by atoms with Crippen LogP contribution in [0.4, 0.5) is 4.39 Å². The number of rotatable bonds is 4. The number of aliphatic hydroxyl groups excluding tert-OH is 1. The molecule has 1 rings (SSSR count). The summed E-state index contributed by atoms with van der Waals surface area (Å²) in [5.41, 5.74) is 0.805. The number of benzene rings is 1. The van der Waals surface area contributed by atoms with Gasteiger partial charge in [0.15, 0.2) is 11.6 Å². The second kappa shape index (κ2) is 4.93. The molecule has 0 saturated heterocycles. The standard InChI is InChI=1S/C10H14FNO2/c1-12(7-13)6-8-3-4-10(14-2)9(11)5-8/h3-5,13H,6-7H2,1-2H3. The van der Waals surface area contributed by atoms with E-state index in [1.807, 2.05) is 0 Å². The van der Waals surface area contributed by atoms with E-state index < -0.39 is 0 Å². The van der Waals surface area contributed by atoms with Crippen LogP contribution in [0.1, 0.15) is 5.56 Å². The Morgan fingerprint density at radius 3 is 2.71 bits per heavy atom. The van der Waals surface area contributed by atoms with Gasteiger partial charge >= 0.3 is 0 Å². The van der Waals surface area contributed by atoms with Gasteiger partial charge in [-0.2, -0.15) is 0 Å². The Bertz CT molecular complexity index is 304. The Balaban J connectivity index is 2.76. The van der Waals surface area contributed by atoms with E-state index in [1.54, 1.807) is 24.1 Å². The predicted octanol–water partition coefficient (Wildman–Crippen LogP) is 1.22. The number of aliphatic hydroxyl groups is 1. The number of nitrogens with zero attached hydrogens (tertiary/aromatic N) is 1. The molecule has 3 nitrogen and oxygen atoms in total. The molecule has 0 atom stereocenters. The highest BCUT2D eigenvalue weighted by molar-refractivity contribution is 5.29. The summed E-state index contributed by atoms with van der Waals surface area (Å²) in [6, 6.07) is 4.76. The highest BCUT2D eigenvalue weighted by Gasteiger charge is 2.04. The molecule has 1 aromatic carbocycles. The largest absolute Gasteiger partial charge is 0.494 e. The van der Waals surface area contributed by atoms with E-state index in [4.69, 9.17) is 9.84 Å². The van der Waals surface area contributed by atoms with E-state index in [1.165, 1.54) is 13.2 Å². The van der Waals surface area contributed by atoms with Crippen molar-refractivity contribution >= 4 is 0 Å². The third-order valence-electron chi connectivity index (χ3n) is 1.91. The molecular formula is C10H14FNO2. The summed E-state index contributed by atoms with van der Waals surface area (Å²) < 4.78 is 18.0.